The van der Waals surface area contributed by atoms with Crippen LogP contribution in [0, 0.1) is 12.8 Å². The molecule has 1 aromatic carbocycles. The summed E-state index contributed by atoms with van der Waals surface area (Å²) in [6.07, 6.45) is 3.34. The lowest BCUT2D eigenvalue weighted by molar-refractivity contribution is -0.137. The molecule has 1 aromatic rings. The van der Waals surface area contributed by atoms with Crippen LogP contribution in [0.15, 0.2) is 12.1 Å². The molecular formula is C16H20O4. The second-order valence-electron chi connectivity index (χ2n) is 5.76. The molecule has 0 aromatic heterocycles. The van der Waals surface area contributed by atoms with Crippen molar-refractivity contribution in [2.75, 3.05) is 13.2 Å². The van der Waals surface area contributed by atoms with E-state index in [1.807, 2.05) is 13.0 Å². The van der Waals surface area contributed by atoms with Crippen LogP contribution in [0.25, 0.3) is 0 Å². The molecule has 0 amide bonds. The first-order valence-corrected chi connectivity index (χ1v) is 7.27. The molecule has 4 nitrogen and oxygen atoms in total. The minimum absolute atomic E-state index is 0.100. The van der Waals surface area contributed by atoms with Crippen LogP contribution in [-0.4, -0.2) is 24.3 Å². The number of aryl methyl sites for hydroxylation is 1. The van der Waals surface area contributed by atoms with E-state index in [2.05, 4.69) is 6.07 Å². The van der Waals surface area contributed by atoms with Gasteiger partial charge in [0.15, 0.2) is 11.5 Å². The van der Waals surface area contributed by atoms with Crippen LogP contribution < -0.4 is 9.47 Å². The maximum atomic E-state index is 11.1. The summed E-state index contributed by atoms with van der Waals surface area (Å²) in [6.45, 7) is 3.33. The van der Waals surface area contributed by atoms with Crippen LogP contribution in [-0.2, 0) is 4.79 Å². The molecule has 1 aliphatic heterocycles. The van der Waals surface area contributed by atoms with E-state index < -0.39 is 5.97 Å². The highest BCUT2D eigenvalue weighted by atomic mass is 16.5. The monoisotopic (exact) mass is 276 g/mol. The summed E-state index contributed by atoms with van der Waals surface area (Å²) < 4.78 is 11.5. The maximum Gasteiger partial charge on any atom is 0.303 e. The van der Waals surface area contributed by atoms with Crippen molar-refractivity contribution in [1.29, 1.82) is 0 Å². The van der Waals surface area contributed by atoms with Gasteiger partial charge in [-0.05, 0) is 48.8 Å². The van der Waals surface area contributed by atoms with Gasteiger partial charge >= 0.3 is 5.97 Å². The minimum Gasteiger partial charge on any atom is -0.490 e. The van der Waals surface area contributed by atoms with Gasteiger partial charge in [0.25, 0.3) is 0 Å². The Balaban J connectivity index is 1.94. The summed E-state index contributed by atoms with van der Waals surface area (Å²) in [5, 5.41) is 9.12. The summed E-state index contributed by atoms with van der Waals surface area (Å²) in [4.78, 5) is 11.1. The molecule has 1 atom stereocenters. The summed E-state index contributed by atoms with van der Waals surface area (Å²) in [5.74, 6) is 1.47. The average Bonchev–Trinajstić information content (AvgIpc) is 3.22. The van der Waals surface area contributed by atoms with Gasteiger partial charge < -0.3 is 14.6 Å². The number of hydrogen-bond acceptors (Lipinski definition) is 3. The fraction of sp³-hybridized carbons (Fsp3) is 0.562. The van der Waals surface area contributed by atoms with Gasteiger partial charge in [0.2, 0.25) is 0 Å². The molecule has 108 valence electrons. The van der Waals surface area contributed by atoms with E-state index >= 15 is 0 Å². The van der Waals surface area contributed by atoms with Crippen LogP contribution >= 0.6 is 0 Å². The fourth-order valence-corrected chi connectivity index (χ4v) is 2.93. The van der Waals surface area contributed by atoms with Gasteiger partial charge in [-0.1, -0.05) is 6.07 Å². The van der Waals surface area contributed by atoms with Gasteiger partial charge in [-0.3, -0.25) is 4.79 Å². The first-order chi connectivity index (χ1) is 9.65. The van der Waals surface area contributed by atoms with E-state index in [1.165, 1.54) is 0 Å². The minimum atomic E-state index is -0.730. The Hall–Kier alpha value is -1.71. The normalized spacial score (nSPS) is 19.2. The van der Waals surface area contributed by atoms with Gasteiger partial charge in [-0.15, -0.1) is 0 Å². The highest BCUT2D eigenvalue weighted by Crippen LogP contribution is 2.47. The van der Waals surface area contributed by atoms with Gasteiger partial charge in [0.05, 0.1) is 19.6 Å². The lowest BCUT2D eigenvalue weighted by atomic mass is 9.89. The first kappa shape index (κ1) is 13.3. The number of rotatable bonds is 4. The molecule has 1 saturated carbocycles. The summed E-state index contributed by atoms with van der Waals surface area (Å²) in [5.41, 5.74) is 2.12. The molecular weight excluding hydrogens is 256 g/mol. The Morgan fingerprint density at radius 3 is 2.80 bits per heavy atom. The number of carbonyl (C=O) groups is 1. The first-order valence-electron chi connectivity index (χ1n) is 7.27. The predicted molar refractivity (Wildman–Crippen MR) is 74.5 cm³/mol. The molecule has 4 heteroatoms. The number of carboxylic acid groups (broad SMARTS) is 1. The molecule has 1 N–H and O–H groups in total. The molecule has 2 aliphatic rings. The van der Waals surface area contributed by atoms with Crippen molar-refractivity contribution in [1.82, 2.24) is 0 Å². The van der Waals surface area contributed by atoms with E-state index in [0.29, 0.717) is 19.1 Å². The highest BCUT2D eigenvalue weighted by Gasteiger charge is 2.34. The third kappa shape index (κ3) is 2.74. The summed E-state index contributed by atoms with van der Waals surface area (Å²) in [6, 6.07) is 4.05. The smallest absolute Gasteiger partial charge is 0.303 e. The number of ether oxygens (including phenoxy) is 2. The van der Waals surface area contributed by atoms with Crippen LogP contribution in [0.3, 0.4) is 0 Å². The summed E-state index contributed by atoms with van der Waals surface area (Å²) >= 11 is 0. The van der Waals surface area contributed by atoms with E-state index in [4.69, 9.17) is 14.6 Å². The van der Waals surface area contributed by atoms with Crippen LogP contribution in [0.5, 0.6) is 11.5 Å². The number of carboxylic acids is 1. The predicted octanol–water partition coefficient (Wildman–Crippen LogP) is 3.12. The number of aliphatic carboxylic acids is 1. The molecule has 0 radical (unpaired) electrons. The molecule has 1 unspecified atom stereocenters. The Kier molecular flexibility index (Phi) is 3.55. The third-order valence-electron chi connectivity index (χ3n) is 4.07. The van der Waals surface area contributed by atoms with E-state index in [1.54, 1.807) is 0 Å². The Bertz CT molecular complexity index is 519. The maximum absolute atomic E-state index is 11.1. The zero-order chi connectivity index (χ0) is 14.1. The van der Waals surface area contributed by atoms with E-state index in [-0.39, 0.29) is 12.3 Å². The van der Waals surface area contributed by atoms with Gasteiger partial charge in [-0.2, -0.15) is 0 Å². The molecule has 1 heterocycles. The fourth-order valence-electron chi connectivity index (χ4n) is 2.93. The summed E-state index contributed by atoms with van der Waals surface area (Å²) in [7, 11) is 0. The second-order valence-corrected chi connectivity index (χ2v) is 5.76. The molecule has 0 saturated heterocycles. The van der Waals surface area contributed by atoms with Crippen molar-refractivity contribution in [2.45, 2.75) is 38.5 Å². The number of hydrogen-bond donors (Lipinski definition) is 1. The zero-order valence-electron chi connectivity index (χ0n) is 11.7. The number of benzene rings is 1. The van der Waals surface area contributed by atoms with Crippen molar-refractivity contribution in [3.05, 3.63) is 23.3 Å². The van der Waals surface area contributed by atoms with Crippen molar-refractivity contribution in [3.8, 4) is 11.5 Å². The van der Waals surface area contributed by atoms with E-state index in [9.17, 15) is 4.79 Å². The van der Waals surface area contributed by atoms with E-state index in [0.717, 1.165) is 41.9 Å². The van der Waals surface area contributed by atoms with Crippen molar-refractivity contribution in [3.63, 3.8) is 0 Å². The van der Waals surface area contributed by atoms with Crippen molar-refractivity contribution >= 4 is 5.97 Å². The SMILES string of the molecule is Cc1cc(C(CC(=O)O)C2CC2)cc2c1OCCCO2. The molecule has 0 bridgehead atoms. The molecule has 1 fully saturated rings. The quantitative estimate of drug-likeness (QED) is 0.918. The third-order valence-corrected chi connectivity index (χ3v) is 4.07. The van der Waals surface area contributed by atoms with Crippen LogP contribution in [0.4, 0.5) is 0 Å². The van der Waals surface area contributed by atoms with Crippen molar-refractivity contribution < 1.29 is 19.4 Å². The largest absolute Gasteiger partial charge is 0.490 e. The lowest BCUT2D eigenvalue weighted by Gasteiger charge is -2.18. The second kappa shape index (κ2) is 5.35. The van der Waals surface area contributed by atoms with Crippen LogP contribution in [0.2, 0.25) is 0 Å². The highest BCUT2D eigenvalue weighted by molar-refractivity contribution is 5.68. The Morgan fingerprint density at radius 2 is 2.10 bits per heavy atom. The molecule has 1 aliphatic carbocycles. The number of fused-ring (bicyclic) bond motifs is 1. The van der Waals surface area contributed by atoms with Gasteiger partial charge in [0.1, 0.15) is 0 Å². The Labute approximate surface area is 118 Å². The Morgan fingerprint density at radius 1 is 1.35 bits per heavy atom. The molecule has 3 rings (SSSR count). The van der Waals surface area contributed by atoms with Gasteiger partial charge in [0, 0.05) is 6.42 Å². The lowest BCUT2D eigenvalue weighted by Crippen LogP contribution is -2.09. The van der Waals surface area contributed by atoms with Gasteiger partial charge in [-0.25, -0.2) is 0 Å². The molecule has 0 spiro atoms. The van der Waals surface area contributed by atoms with Crippen LogP contribution in [0.1, 0.15) is 42.7 Å². The topological polar surface area (TPSA) is 55.8 Å². The molecule has 20 heavy (non-hydrogen) atoms. The van der Waals surface area contributed by atoms with Crippen molar-refractivity contribution in [2.24, 2.45) is 5.92 Å². The standard InChI is InChI=1S/C16H20O4/c1-10-7-12(13(9-15(17)18)11-3-4-11)8-14-16(10)20-6-2-5-19-14/h7-8,11,13H,2-6,9H2,1H3,(H,17,18). The average molecular weight is 276 g/mol. The zero-order valence-corrected chi connectivity index (χ0v) is 11.7.